The van der Waals surface area contributed by atoms with Gasteiger partial charge in [-0.15, -0.1) is 0 Å². The number of carboxylic acid groups (broad SMARTS) is 1. The quantitative estimate of drug-likeness (QED) is 0.621. The van der Waals surface area contributed by atoms with Gasteiger partial charge in [-0.05, 0) is 18.1 Å². The molecule has 0 aliphatic rings. The highest BCUT2D eigenvalue weighted by atomic mass is 16.4. The monoisotopic (exact) mass is 237 g/mol. The van der Waals surface area contributed by atoms with Crippen LogP contribution in [-0.2, 0) is 16.0 Å². The molecule has 0 saturated carbocycles. The van der Waals surface area contributed by atoms with Gasteiger partial charge in [0.1, 0.15) is 0 Å². The lowest BCUT2D eigenvalue weighted by molar-refractivity contribution is -0.139. The minimum atomic E-state index is -1.08. The average Bonchev–Trinajstić information content (AvgIpc) is 2.29. The summed E-state index contributed by atoms with van der Waals surface area (Å²) < 4.78 is 0. The fraction of sp³-hybridized carbons (Fsp3) is 0.364. The molecule has 1 heterocycles. The van der Waals surface area contributed by atoms with Crippen LogP contribution in [0, 0.1) is 0 Å². The van der Waals surface area contributed by atoms with Gasteiger partial charge in [0, 0.05) is 18.9 Å². The Balaban J connectivity index is 2.27. The van der Waals surface area contributed by atoms with Crippen LogP contribution in [0.25, 0.3) is 0 Å². The number of aliphatic carboxylic acids is 1. The number of nitrogens with two attached hydrogens (primary N) is 1. The number of carbonyl (C=O) groups excluding carboxylic acids is 1. The molecule has 92 valence electrons. The van der Waals surface area contributed by atoms with Crippen molar-refractivity contribution in [3.05, 3.63) is 30.1 Å². The van der Waals surface area contributed by atoms with Crippen molar-refractivity contribution in [3.8, 4) is 0 Å². The van der Waals surface area contributed by atoms with Crippen molar-refractivity contribution in [1.82, 2.24) is 10.3 Å². The van der Waals surface area contributed by atoms with Gasteiger partial charge >= 0.3 is 5.97 Å². The third kappa shape index (κ3) is 5.07. The van der Waals surface area contributed by atoms with E-state index < -0.39 is 17.9 Å². The molecule has 1 atom stereocenters. The van der Waals surface area contributed by atoms with E-state index in [1.165, 1.54) is 0 Å². The Hall–Kier alpha value is -1.95. The molecule has 0 bridgehead atoms. The Bertz CT molecular complexity index is 381. The molecule has 1 amide bonds. The summed E-state index contributed by atoms with van der Waals surface area (Å²) >= 11 is 0. The smallest absolute Gasteiger partial charge is 0.305 e. The summed E-state index contributed by atoms with van der Waals surface area (Å²) in [7, 11) is 0. The third-order valence-electron chi connectivity index (χ3n) is 2.17. The van der Waals surface area contributed by atoms with Gasteiger partial charge in [0.2, 0.25) is 5.91 Å². The maximum Gasteiger partial charge on any atom is 0.305 e. The minimum Gasteiger partial charge on any atom is -0.481 e. The number of hydrogen-bond acceptors (Lipinski definition) is 4. The van der Waals surface area contributed by atoms with E-state index in [1.54, 1.807) is 12.4 Å². The van der Waals surface area contributed by atoms with Crippen LogP contribution in [-0.4, -0.2) is 34.6 Å². The second-order valence-corrected chi connectivity index (χ2v) is 3.61. The number of carbonyl (C=O) groups is 2. The summed E-state index contributed by atoms with van der Waals surface area (Å²) in [6.07, 6.45) is 3.66. The summed E-state index contributed by atoms with van der Waals surface area (Å²) in [4.78, 5) is 25.6. The van der Waals surface area contributed by atoms with Gasteiger partial charge in [0.05, 0.1) is 12.5 Å². The normalized spacial score (nSPS) is 11.8. The summed E-state index contributed by atoms with van der Waals surface area (Å²) in [5, 5.41) is 11.0. The fourth-order valence-corrected chi connectivity index (χ4v) is 1.29. The molecule has 0 aromatic carbocycles. The number of amides is 1. The van der Waals surface area contributed by atoms with Gasteiger partial charge in [0.25, 0.3) is 0 Å². The summed E-state index contributed by atoms with van der Waals surface area (Å²) in [6, 6.07) is 2.71. The molecule has 0 saturated heterocycles. The molecule has 17 heavy (non-hydrogen) atoms. The second-order valence-electron chi connectivity index (χ2n) is 3.61. The van der Waals surface area contributed by atoms with Gasteiger partial charge in [-0.1, -0.05) is 6.07 Å². The third-order valence-corrected chi connectivity index (χ3v) is 2.17. The molecule has 0 aliphatic carbocycles. The first-order valence-corrected chi connectivity index (χ1v) is 5.23. The SMILES string of the molecule is NC(CC(=O)O)C(=O)NCCc1cccnc1. The molecule has 6 nitrogen and oxygen atoms in total. The van der Waals surface area contributed by atoms with Crippen molar-refractivity contribution in [3.63, 3.8) is 0 Å². The van der Waals surface area contributed by atoms with Crippen molar-refractivity contribution < 1.29 is 14.7 Å². The number of aromatic nitrogens is 1. The highest BCUT2D eigenvalue weighted by Gasteiger charge is 2.15. The van der Waals surface area contributed by atoms with E-state index in [0.717, 1.165) is 5.56 Å². The summed E-state index contributed by atoms with van der Waals surface area (Å²) in [5.41, 5.74) is 6.39. The standard InChI is InChI=1S/C11H15N3O3/c12-9(6-10(15)16)11(17)14-5-3-8-2-1-4-13-7-8/h1-2,4,7,9H,3,5-6,12H2,(H,14,17)(H,15,16). The van der Waals surface area contributed by atoms with Crippen LogP contribution < -0.4 is 11.1 Å². The van der Waals surface area contributed by atoms with E-state index in [0.29, 0.717) is 13.0 Å². The van der Waals surface area contributed by atoms with Crippen LogP contribution >= 0.6 is 0 Å². The molecule has 0 spiro atoms. The van der Waals surface area contributed by atoms with Crippen molar-refractivity contribution >= 4 is 11.9 Å². The Kier molecular flexibility index (Phi) is 5.09. The van der Waals surface area contributed by atoms with Gasteiger partial charge in [-0.25, -0.2) is 0 Å². The fourth-order valence-electron chi connectivity index (χ4n) is 1.29. The van der Waals surface area contributed by atoms with Crippen molar-refractivity contribution in [1.29, 1.82) is 0 Å². The molecule has 0 aliphatic heterocycles. The van der Waals surface area contributed by atoms with Crippen molar-refractivity contribution in [2.24, 2.45) is 5.73 Å². The van der Waals surface area contributed by atoms with Crippen LogP contribution in [0.15, 0.2) is 24.5 Å². The Morgan fingerprint density at radius 1 is 1.53 bits per heavy atom. The summed E-state index contributed by atoms with van der Waals surface area (Å²) in [6.45, 7) is 0.415. The molecule has 4 N–H and O–H groups in total. The number of rotatable bonds is 6. The molecule has 1 aromatic rings. The first-order valence-electron chi connectivity index (χ1n) is 5.23. The van der Waals surface area contributed by atoms with Crippen LogP contribution in [0.4, 0.5) is 0 Å². The number of nitrogens with one attached hydrogen (secondary N) is 1. The predicted molar refractivity (Wildman–Crippen MR) is 61.2 cm³/mol. The van der Waals surface area contributed by atoms with E-state index in [1.807, 2.05) is 12.1 Å². The van der Waals surface area contributed by atoms with Gasteiger partial charge in [0.15, 0.2) is 0 Å². The maximum absolute atomic E-state index is 11.4. The largest absolute Gasteiger partial charge is 0.481 e. The Morgan fingerprint density at radius 3 is 2.88 bits per heavy atom. The van der Waals surface area contributed by atoms with Crippen LogP contribution in [0.1, 0.15) is 12.0 Å². The molecule has 1 aromatic heterocycles. The van der Waals surface area contributed by atoms with Crippen molar-refractivity contribution in [2.45, 2.75) is 18.9 Å². The number of nitrogens with zero attached hydrogens (tertiary/aromatic N) is 1. The van der Waals surface area contributed by atoms with E-state index in [2.05, 4.69) is 10.3 Å². The first kappa shape index (κ1) is 13.1. The number of hydrogen-bond donors (Lipinski definition) is 3. The zero-order valence-electron chi connectivity index (χ0n) is 9.30. The number of pyridine rings is 1. The van der Waals surface area contributed by atoms with E-state index >= 15 is 0 Å². The lowest BCUT2D eigenvalue weighted by Gasteiger charge is -2.09. The first-order chi connectivity index (χ1) is 8.09. The Labute approximate surface area is 98.8 Å². The highest BCUT2D eigenvalue weighted by molar-refractivity contribution is 5.85. The molecule has 6 heteroatoms. The molecule has 1 rings (SSSR count). The van der Waals surface area contributed by atoms with Crippen LogP contribution in [0.2, 0.25) is 0 Å². The van der Waals surface area contributed by atoms with Gasteiger partial charge < -0.3 is 16.2 Å². The molecular weight excluding hydrogens is 222 g/mol. The zero-order valence-corrected chi connectivity index (χ0v) is 9.30. The van der Waals surface area contributed by atoms with E-state index in [4.69, 9.17) is 10.8 Å². The lowest BCUT2D eigenvalue weighted by atomic mass is 10.2. The second kappa shape index (κ2) is 6.59. The predicted octanol–water partition coefficient (Wildman–Crippen LogP) is -0.458. The molecule has 1 unspecified atom stereocenters. The average molecular weight is 237 g/mol. The highest BCUT2D eigenvalue weighted by Crippen LogP contribution is 1.96. The minimum absolute atomic E-state index is 0.362. The molecule has 0 fully saturated rings. The zero-order chi connectivity index (χ0) is 12.7. The van der Waals surface area contributed by atoms with Crippen LogP contribution in [0.5, 0.6) is 0 Å². The van der Waals surface area contributed by atoms with Gasteiger partial charge in [-0.2, -0.15) is 0 Å². The molecular formula is C11H15N3O3. The van der Waals surface area contributed by atoms with Crippen LogP contribution in [0.3, 0.4) is 0 Å². The maximum atomic E-state index is 11.4. The number of carboxylic acids is 1. The van der Waals surface area contributed by atoms with E-state index in [-0.39, 0.29) is 6.42 Å². The summed E-state index contributed by atoms with van der Waals surface area (Å²) in [5.74, 6) is -1.53. The Morgan fingerprint density at radius 2 is 2.29 bits per heavy atom. The van der Waals surface area contributed by atoms with Crippen molar-refractivity contribution in [2.75, 3.05) is 6.54 Å². The topological polar surface area (TPSA) is 105 Å². The van der Waals surface area contributed by atoms with Gasteiger partial charge in [-0.3, -0.25) is 14.6 Å². The molecule has 0 radical (unpaired) electrons. The van der Waals surface area contributed by atoms with E-state index in [9.17, 15) is 9.59 Å². The lowest BCUT2D eigenvalue weighted by Crippen LogP contribution is -2.42.